The minimum Gasteiger partial charge on any atom is -0.386 e. The Morgan fingerprint density at radius 3 is 2.52 bits per heavy atom. The summed E-state index contributed by atoms with van der Waals surface area (Å²) in [6, 6.07) is 16.8. The van der Waals surface area contributed by atoms with Crippen LogP contribution in [0.25, 0.3) is 0 Å². The number of carbonyl (C=O) groups is 2. The van der Waals surface area contributed by atoms with Crippen molar-refractivity contribution >= 4 is 17.5 Å². The van der Waals surface area contributed by atoms with Gasteiger partial charge in [-0.2, -0.15) is 0 Å². The largest absolute Gasteiger partial charge is 0.386 e. The molecule has 1 aliphatic heterocycles. The fraction of sp³-hybridized carbons (Fsp3) is 0.481. The van der Waals surface area contributed by atoms with Crippen molar-refractivity contribution in [2.75, 3.05) is 25.1 Å². The first-order valence-electron chi connectivity index (χ1n) is 12.1. The summed E-state index contributed by atoms with van der Waals surface area (Å²) in [4.78, 5) is 26.7. The van der Waals surface area contributed by atoms with Crippen LogP contribution in [0.15, 0.2) is 54.6 Å². The first-order chi connectivity index (χ1) is 16.1. The van der Waals surface area contributed by atoms with E-state index in [-0.39, 0.29) is 24.5 Å². The number of rotatable bonds is 8. The summed E-state index contributed by atoms with van der Waals surface area (Å²) in [6.45, 7) is 1.11. The van der Waals surface area contributed by atoms with Gasteiger partial charge < -0.3 is 20.1 Å². The number of aryl methyl sites for hydroxylation is 1. The van der Waals surface area contributed by atoms with E-state index in [1.54, 1.807) is 12.1 Å². The highest BCUT2D eigenvalue weighted by Gasteiger charge is 2.36. The fourth-order valence-corrected chi connectivity index (χ4v) is 4.88. The van der Waals surface area contributed by atoms with E-state index in [0.717, 1.165) is 18.4 Å². The smallest absolute Gasteiger partial charge is 0.249 e. The molecule has 0 radical (unpaired) electrons. The monoisotopic (exact) mass is 450 g/mol. The van der Waals surface area contributed by atoms with Crippen LogP contribution in [0, 0.1) is 5.92 Å². The lowest BCUT2D eigenvalue weighted by molar-refractivity contribution is -0.155. The van der Waals surface area contributed by atoms with E-state index < -0.39 is 6.10 Å². The molecule has 0 bridgehead atoms. The molecule has 0 spiro atoms. The van der Waals surface area contributed by atoms with Crippen molar-refractivity contribution in [2.45, 2.75) is 57.1 Å². The fourth-order valence-electron chi connectivity index (χ4n) is 4.88. The van der Waals surface area contributed by atoms with E-state index in [4.69, 9.17) is 4.74 Å². The van der Waals surface area contributed by atoms with Gasteiger partial charge in [-0.25, -0.2) is 0 Å². The molecule has 1 heterocycles. The molecule has 6 nitrogen and oxygen atoms in total. The zero-order valence-electron chi connectivity index (χ0n) is 19.1. The van der Waals surface area contributed by atoms with Crippen LogP contribution in [0.4, 0.5) is 5.69 Å². The lowest BCUT2D eigenvalue weighted by Gasteiger charge is -2.40. The van der Waals surface area contributed by atoms with Gasteiger partial charge in [-0.15, -0.1) is 0 Å². The van der Waals surface area contributed by atoms with Crippen LogP contribution in [0.3, 0.4) is 0 Å². The van der Waals surface area contributed by atoms with Crippen LogP contribution in [0.5, 0.6) is 0 Å². The number of anilines is 1. The van der Waals surface area contributed by atoms with Gasteiger partial charge in [0, 0.05) is 18.7 Å². The third-order valence-electron chi connectivity index (χ3n) is 6.80. The molecule has 2 N–H and O–H groups in total. The summed E-state index contributed by atoms with van der Waals surface area (Å²) in [5.41, 5.74) is 2.54. The van der Waals surface area contributed by atoms with Gasteiger partial charge in [-0.05, 0) is 48.4 Å². The lowest BCUT2D eigenvalue weighted by atomic mass is 9.88. The predicted octanol–water partition coefficient (Wildman–Crippen LogP) is 4.10. The third-order valence-corrected chi connectivity index (χ3v) is 6.80. The zero-order chi connectivity index (χ0) is 23.0. The summed E-state index contributed by atoms with van der Waals surface area (Å²) in [7, 11) is 0. The second-order valence-electron chi connectivity index (χ2n) is 9.23. The summed E-state index contributed by atoms with van der Waals surface area (Å²) in [5.74, 6) is 0.416. The molecule has 1 saturated heterocycles. The van der Waals surface area contributed by atoms with Crippen molar-refractivity contribution in [1.29, 1.82) is 0 Å². The van der Waals surface area contributed by atoms with Crippen LogP contribution in [0.1, 0.15) is 55.8 Å². The van der Waals surface area contributed by atoms with E-state index >= 15 is 0 Å². The molecular formula is C27H34N2O4. The molecule has 2 aromatic carbocycles. The number of nitrogens with one attached hydrogen (secondary N) is 1. The lowest BCUT2D eigenvalue weighted by Crippen LogP contribution is -2.53. The van der Waals surface area contributed by atoms with Crippen LogP contribution < -0.4 is 5.32 Å². The number of hydrogen-bond acceptors (Lipinski definition) is 4. The minimum atomic E-state index is -0.833. The Balaban J connectivity index is 1.34. The molecule has 4 rings (SSSR count). The van der Waals surface area contributed by atoms with Gasteiger partial charge in [0.15, 0.2) is 0 Å². The van der Waals surface area contributed by atoms with Crippen molar-refractivity contribution in [3.8, 4) is 0 Å². The average molecular weight is 451 g/mol. The summed E-state index contributed by atoms with van der Waals surface area (Å²) >= 11 is 0. The van der Waals surface area contributed by atoms with Gasteiger partial charge in [0.1, 0.15) is 12.7 Å². The van der Waals surface area contributed by atoms with Gasteiger partial charge >= 0.3 is 0 Å². The average Bonchev–Trinajstić information content (AvgIpc) is 2.85. The minimum absolute atomic E-state index is 0.0434. The molecule has 33 heavy (non-hydrogen) atoms. The van der Waals surface area contributed by atoms with Crippen molar-refractivity contribution in [2.24, 2.45) is 5.92 Å². The van der Waals surface area contributed by atoms with Crippen molar-refractivity contribution in [3.05, 3.63) is 65.7 Å². The number of morpholine rings is 1. The first-order valence-corrected chi connectivity index (χ1v) is 12.1. The second kappa shape index (κ2) is 11.4. The molecule has 0 aromatic heterocycles. The van der Waals surface area contributed by atoms with Crippen molar-refractivity contribution in [3.63, 3.8) is 0 Å². The summed E-state index contributed by atoms with van der Waals surface area (Å²) < 4.78 is 5.49. The molecule has 6 heteroatoms. The highest BCUT2D eigenvalue weighted by Crippen LogP contribution is 2.30. The molecule has 2 aromatic rings. The summed E-state index contributed by atoms with van der Waals surface area (Å²) in [6.07, 6.45) is 6.26. The van der Waals surface area contributed by atoms with E-state index in [1.807, 2.05) is 47.4 Å². The van der Waals surface area contributed by atoms with Crippen molar-refractivity contribution in [1.82, 2.24) is 4.90 Å². The van der Waals surface area contributed by atoms with E-state index in [1.165, 1.54) is 19.3 Å². The number of amides is 2. The molecule has 1 aliphatic carbocycles. The Hall–Kier alpha value is -2.70. The Labute approximate surface area is 195 Å². The van der Waals surface area contributed by atoms with E-state index in [2.05, 4.69) is 5.32 Å². The Morgan fingerprint density at radius 2 is 1.79 bits per heavy atom. The number of carbonyl (C=O) groups excluding carboxylic acids is 2. The van der Waals surface area contributed by atoms with Crippen LogP contribution >= 0.6 is 0 Å². The van der Waals surface area contributed by atoms with Crippen LogP contribution in [-0.4, -0.2) is 47.6 Å². The van der Waals surface area contributed by atoms with Gasteiger partial charge in [-0.1, -0.05) is 61.7 Å². The second-order valence-corrected chi connectivity index (χ2v) is 9.23. The molecule has 2 atom stereocenters. The molecule has 1 saturated carbocycles. The third kappa shape index (κ3) is 6.42. The molecular weight excluding hydrogens is 416 g/mol. The molecule has 0 unspecified atom stereocenters. The number of ether oxygens (including phenoxy) is 1. The number of aliphatic hydroxyl groups excluding tert-OH is 1. The predicted molar refractivity (Wildman–Crippen MR) is 128 cm³/mol. The number of aliphatic hydroxyl groups is 1. The van der Waals surface area contributed by atoms with Gasteiger partial charge in [0.05, 0.1) is 12.6 Å². The topological polar surface area (TPSA) is 78.9 Å². The number of hydrogen-bond donors (Lipinski definition) is 2. The highest BCUT2D eigenvalue weighted by molar-refractivity contribution is 5.90. The maximum Gasteiger partial charge on any atom is 0.249 e. The Bertz CT molecular complexity index is 909. The number of nitrogens with zero attached hydrogens (tertiary/aromatic N) is 1. The normalized spacial score (nSPS) is 20.5. The maximum absolute atomic E-state index is 12.6. The first kappa shape index (κ1) is 23.5. The Kier molecular flexibility index (Phi) is 8.13. The molecule has 2 fully saturated rings. The molecule has 2 aliphatic rings. The number of benzene rings is 2. The maximum atomic E-state index is 12.6. The van der Waals surface area contributed by atoms with Crippen molar-refractivity contribution < 1.29 is 19.4 Å². The zero-order valence-corrected chi connectivity index (χ0v) is 19.1. The SMILES string of the molecule is O=C(CCc1ccccc1)Nc1ccc([C@@H](O)[C@H]2COCC(=O)N2CC2CCCCC2)cc1. The quantitative estimate of drug-likeness (QED) is 0.635. The van der Waals surface area contributed by atoms with Gasteiger partial charge in [-0.3, -0.25) is 9.59 Å². The van der Waals surface area contributed by atoms with Crippen LogP contribution in [-0.2, 0) is 20.7 Å². The van der Waals surface area contributed by atoms with E-state index in [9.17, 15) is 14.7 Å². The molecule has 176 valence electrons. The summed E-state index contributed by atoms with van der Waals surface area (Å²) in [5, 5.41) is 14.0. The molecule has 2 amide bonds. The Morgan fingerprint density at radius 1 is 1.06 bits per heavy atom. The van der Waals surface area contributed by atoms with Crippen LogP contribution in [0.2, 0.25) is 0 Å². The van der Waals surface area contributed by atoms with Gasteiger partial charge in [0.25, 0.3) is 0 Å². The highest BCUT2D eigenvalue weighted by atomic mass is 16.5. The van der Waals surface area contributed by atoms with Gasteiger partial charge in [0.2, 0.25) is 11.8 Å². The van der Waals surface area contributed by atoms with E-state index in [0.29, 0.717) is 43.2 Å². The standard InChI is InChI=1S/C27H34N2O4/c30-25(16-11-20-7-3-1-4-8-20)28-23-14-12-22(13-15-23)27(32)24-18-33-19-26(31)29(24)17-21-9-5-2-6-10-21/h1,3-4,7-8,12-15,21,24,27,32H,2,5-6,9-11,16-19H2,(H,28,30)/t24-,27-/m1/s1.